The van der Waals surface area contributed by atoms with Crippen LogP contribution in [0.2, 0.25) is 0 Å². The third-order valence-corrected chi connectivity index (χ3v) is 5.23. The van der Waals surface area contributed by atoms with Crippen LogP contribution in [0.1, 0.15) is 22.6 Å². The quantitative estimate of drug-likeness (QED) is 0.631. The van der Waals surface area contributed by atoms with E-state index in [0.717, 1.165) is 39.3 Å². The largest absolute Gasteiger partial charge is 0.448 e. The smallest absolute Gasteiger partial charge is 0.417 e. The average molecular weight is 428 g/mol. The van der Waals surface area contributed by atoms with Crippen molar-refractivity contribution in [3.05, 3.63) is 83.6 Å². The van der Waals surface area contributed by atoms with E-state index in [1.165, 1.54) is 0 Å². The van der Waals surface area contributed by atoms with E-state index in [9.17, 15) is 23.1 Å². The number of carbonyl (C=O) groups excluding carboxylic acids is 1. The number of rotatable bonds is 5. The highest BCUT2D eigenvalue weighted by atomic mass is 19.4. The molecule has 0 saturated carbocycles. The Kier molecular flexibility index (Phi) is 5.65. The highest BCUT2D eigenvalue weighted by Crippen LogP contribution is 2.44. The Hall–Kier alpha value is -3.39. The Labute approximate surface area is 176 Å². The van der Waals surface area contributed by atoms with Gasteiger partial charge in [-0.05, 0) is 34.4 Å². The number of anilines is 1. The summed E-state index contributed by atoms with van der Waals surface area (Å²) in [6, 6.07) is 17.6. The molecule has 0 fully saturated rings. The number of nitrogens with zero attached hydrogens (tertiary/aromatic N) is 2. The third kappa shape index (κ3) is 4.11. The highest BCUT2D eigenvalue weighted by Gasteiger charge is 2.32. The highest BCUT2D eigenvalue weighted by molar-refractivity contribution is 5.86. The molecule has 1 heterocycles. The maximum atomic E-state index is 12.8. The number of ether oxygens (including phenoxy) is 1. The number of amides is 1. The Morgan fingerprint density at radius 3 is 2.13 bits per heavy atom. The first kappa shape index (κ1) is 20.9. The number of aliphatic hydroxyl groups is 1. The summed E-state index contributed by atoms with van der Waals surface area (Å²) < 4.78 is 43.9. The minimum atomic E-state index is -4.53. The predicted octanol–water partition coefficient (Wildman–Crippen LogP) is 4.85. The molecule has 0 aliphatic heterocycles. The van der Waals surface area contributed by atoms with Crippen molar-refractivity contribution in [2.75, 3.05) is 24.7 Å². The van der Waals surface area contributed by atoms with Crippen molar-refractivity contribution in [2.45, 2.75) is 12.1 Å². The summed E-state index contributed by atoms with van der Waals surface area (Å²) in [5.74, 6) is -0.188. The van der Waals surface area contributed by atoms with Crippen molar-refractivity contribution in [3.8, 4) is 11.1 Å². The lowest BCUT2D eigenvalue weighted by Crippen LogP contribution is -2.35. The molecule has 1 N–H and O–H groups in total. The standard InChI is InChI=1S/C23H19F3N2O3/c24-23(25,26)15-9-10-21(27-13-15)28(11-12-29)22(30)31-14-20-18-7-3-1-5-16(18)17-6-2-4-8-19(17)20/h1-10,13,20,29H,11-12,14H2. The summed E-state index contributed by atoms with van der Waals surface area (Å²) in [6.07, 6.45) is -4.67. The number of pyridine rings is 1. The topological polar surface area (TPSA) is 62.7 Å². The first-order valence-corrected chi connectivity index (χ1v) is 9.67. The molecule has 0 bridgehead atoms. The van der Waals surface area contributed by atoms with Gasteiger partial charge in [-0.2, -0.15) is 13.2 Å². The van der Waals surface area contributed by atoms with Crippen molar-refractivity contribution in [3.63, 3.8) is 0 Å². The fraction of sp³-hybridized carbons (Fsp3) is 0.217. The van der Waals surface area contributed by atoms with E-state index < -0.39 is 24.4 Å². The van der Waals surface area contributed by atoms with Crippen LogP contribution in [0.5, 0.6) is 0 Å². The number of halogens is 3. The molecule has 0 radical (unpaired) electrons. The van der Waals surface area contributed by atoms with Crippen molar-refractivity contribution in [1.29, 1.82) is 0 Å². The lowest BCUT2D eigenvalue weighted by molar-refractivity contribution is -0.137. The van der Waals surface area contributed by atoms with Gasteiger partial charge in [0.2, 0.25) is 0 Å². The molecule has 0 spiro atoms. The van der Waals surface area contributed by atoms with Gasteiger partial charge in [-0.3, -0.25) is 4.90 Å². The van der Waals surface area contributed by atoms with Gasteiger partial charge in [0.25, 0.3) is 0 Å². The zero-order chi connectivity index (χ0) is 22.0. The number of aliphatic hydroxyl groups excluding tert-OH is 1. The summed E-state index contributed by atoms with van der Waals surface area (Å²) in [5, 5.41) is 9.31. The van der Waals surface area contributed by atoms with Crippen molar-refractivity contribution in [1.82, 2.24) is 4.98 Å². The lowest BCUT2D eigenvalue weighted by Gasteiger charge is -2.22. The van der Waals surface area contributed by atoms with Crippen LogP contribution in [0, 0.1) is 0 Å². The summed E-state index contributed by atoms with van der Waals surface area (Å²) in [4.78, 5) is 17.5. The van der Waals surface area contributed by atoms with Gasteiger partial charge in [0, 0.05) is 12.1 Å². The maximum Gasteiger partial charge on any atom is 0.417 e. The number of benzene rings is 2. The molecular weight excluding hydrogens is 409 g/mol. The van der Waals surface area contributed by atoms with E-state index in [1.807, 2.05) is 48.5 Å². The van der Waals surface area contributed by atoms with Crippen LogP contribution >= 0.6 is 0 Å². The van der Waals surface area contributed by atoms with Gasteiger partial charge >= 0.3 is 12.3 Å². The number of alkyl halides is 3. The van der Waals surface area contributed by atoms with Gasteiger partial charge in [-0.25, -0.2) is 9.78 Å². The number of carbonyl (C=O) groups is 1. The van der Waals surface area contributed by atoms with Gasteiger partial charge in [0.15, 0.2) is 0 Å². The van der Waals surface area contributed by atoms with Crippen LogP contribution in [0.15, 0.2) is 66.9 Å². The van der Waals surface area contributed by atoms with Crippen LogP contribution in [0.3, 0.4) is 0 Å². The average Bonchev–Trinajstić information content (AvgIpc) is 3.09. The van der Waals surface area contributed by atoms with E-state index in [4.69, 9.17) is 4.74 Å². The second kappa shape index (κ2) is 8.39. The first-order valence-electron chi connectivity index (χ1n) is 9.67. The fourth-order valence-corrected chi connectivity index (χ4v) is 3.78. The monoisotopic (exact) mass is 428 g/mol. The SMILES string of the molecule is O=C(OCC1c2ccccc2-c2ccccc21)N(CCO)c1ccc(C(F)(F)F)cn1. The Morgan fingerprint density at radius 2 is 1.61 bits per heavy atom. The molecule has 1 aliphatic rings. The Balaban J connectivity index is 1.53. The van der Waals surface area contributed by atoms with Crippen molar-refractivity contribution < 1.29 is 27.8 Å². The van der Waals surface area contributed by atoms with Gasteiger partial charge in [0.05, 0.1) is 18.7 Å². The van der Waals surface area contributed by atoms with E-state index in [-0.39, 0.29) is 24.9 Å². The molecule has 5 nitrogen and oxygen atoms in total. The summed E-state index contributed by atoms with van der Waals surface area (Å²) in [6.45, 7) is -0.503. The van der Waals surface area contributed by atoms with Gasteiger partial charge in [-0.1, -0.05) is 48.5 Å². The van der Waals surface area contributed by atoms with Gasteiger partial charge in [-0.15, -0.1) is 0 Å². The molecule has 1 amide bonds. The maximum absolute atomic E-state index is 12.8. The number of hydrogen-bond acceptors (Lipinski definition) is 4. The zero-order valence-corrected chi connectivity index (χ0v) is 16.3. The second-order valence-electron chi connectivity index (χ2n) is 7.08. The number of hydrogen-bond donors (Lipinski definition) is 1. The molecule has 0 saturated heterocycles. The summed E-state index contributed by atoms with van der Waals surface area (Å²) in [5.41, 5.74) is 3.31. The molecule has 160 valence electrons. The molecule has 0 unspecified atom stereocenters. The Bertz CT molecular complexity index is 1040. The van der Waals surface area contributed by atoms with Gasteiger partial charge < -0.3 is 9.84 Å². The van der Waals surface area contributed by atoms with Crippen LogP contribution in [-0.2, 0) is 10.9 Å². The third-order valence-electron chi connectivity index (χ3n) is 5.23. The number of aromatic nitrogens is 1. The van der Waals surface area contributed by atoms with Crippen LogP contribution in [-0.4, -0.2) is 35.9 Å². The van der Waals surface area contributed by atoms with Gasteiger partial charge in [0.1, 0.15) is 12.4 Å². The molecule has 8 heteroatoms. The first-order chi connectivity index (χ1) is 14.9. The minimum absolute atomic E-state index is 0.0285. The molecule has 3 aromatic rings. The lowest BCUT2D eigenvalue weighted by atomic mass is 9.98. The summed E-state index contributed by atoms with van der Waals surface area (Å²) >= 11 is 0. The van der Waals surface area contributed by atoms with Crippen molar-refractivity contribution >= 4 is 11.9 Å². The fourth-order valence-electron chi connectivity index (χ4n) is 3.78. The number of fused-ring (bicyclic) bond motifs is 3. The molecule has 0 atom stereocenters. The van der Waals surface area contributed by atoms with Crippen molar-refractivity contribution in [2.24, 2.45) is 0 Å². The van der Waals surface area contributed by atoms with Crippen LogP contribution in [0.25, 0.3) is 11.1 Å². The van der Waals surface area contributed by atoms with E-state index in [1.54, 1.807) is 0 Å². The van der Waals surface area contributed by atoms with E-state index in [2.05, 4.69) is 4.98 Å². The Morgan fingerprint density at radius 1 is 1.00 bits per heavy atom. The molecule has 1 aliphatic carbocycles. The molecular formula is C23H19F3N2O3. The normalized spacial score (nSPS) is 12.9. The molecule has 1 aromatic heterocycles. The molecule has 31 heavy (non-hydrogen) atoms. The second-order valence-corrected chi connectivity index (χ2v) is 7.08. The van der Waals surface area contributed by atoms with Crippen LogP contribution in [0.4, 0.5) is 23.8 Å². The zero-order valence-electron chi connectivity index (χ0n) is 16.3. The van der Waals surface area contributed by atoms with E-state index >= 15 is 0 Å². The predicted molar refractivity (Wildman–Crippen MR) is 109 cm³/mol. The summed E-state index contributed by atoms with van der Waals surface area (Å²) in [7, 11) is 0. The van der Waals surface area contributed by atoms with Crippen LogP contribution < -0.4 is 4.90 Å². The van der Waals surface area contributed by atoms with E-state index in [0.29, 0.717) is 6.20 Å². The molecule has 2 aromatic carbocycles. The minimum Gasteiger partial charge on any atom is -0.448 e. The molecule has 4 rings (SSSR count).